The first-order chi connectivity index (χ1) is 16.4. The second kappa shape index (κ2) is 11.2. The zero-order valence-electron chi connectivity index (χ0n) is 19.1. The summed E-state index contributed by atoms with van der Waals surface area (Å²) in [5.74, 6) is -6.30. The summed E-state index contributed by atoms with van der Waals surface area (Å²) in [6, 6.07) is 6.63. The largest absolute Gasteiger partial charge is 0.471 e. The Balaban J connectivity index is 2.58. The summed E-state index contributed by atoms with van der Waals surface area (Å²) in [6.07, 6.45) is -6.39. The number of hydrogen-bond acceptors (Lipinski definition) is 8. The molecule has 0 bridgehead atoms. The predicted octanol–water partition coefficient (Wildman–Crippen LogP) is 2.84. The van der Waals surface area contributed by atoms with Gasteiger partial charge in [-0.05, 0) is 24.6 Å². The van der Waals surface area contributed by atoms with Crippen molar-refractivity contribution in [1.29, 1.82) is 0 Å². The van der Waals surface area contributed by atoms with E-state index in [-0.39, 0.29) is 16.2 Å². The van der Waals surface area contributed by atoms with Crippen LogP contribution in [-0.4, -0.2) is 65.7 Å². The molecule has 0 saturated heterocycles. The average Bonchev–Trinajstić information content (AvgIpc) is 3.37. The number of halogens is 3. The van der Waals surface area contributed by atoms with E-state index in [0.29, 0.717) is 0 Å². The van der Waals surface area contributed by atoms with Crippen LogP contribution in [-0.2, 0) is 23.9 Å². The number of benzene rings is 1. The van der Waals surface area contributed by atoms with Crippen molar-refractivity contribution in [3.63, 3.8) is 0 Å². The van der Waals surface area contributed by atoms with Gasteiger partial charge in [-0.1, -0.05) is 30.3 Å². The SMILES string of the molecule is COC(=O)[C@H](C[C@@](O)(CC(=O)c1ccco1)C(=O)OC)N(C(=O)C(F)(F)F)[C@H](C)c1ccccc1. The Labute approximate surface area is 198 Å². The van der Waals surface area contributed by atoms with Crippen LogP contribution in [0, 0.1) is 0 Å². The van der Waals surface area contributed by atoms with Crippen LogP contribution in [0.3, 0.4) is 0 Å². The third-order valence-corrected chi connectivity index (χ3v) is 5.33. The zero-order chi connectivity index (χ0) is 26.4. The van der Waals surface area contributed by atoms with Crippen LogP contribution in [0.25, 0.3) is 0 Å². The number of methoxy groups -OCH3 is 2. The summed E-state index contributed by atoms with van der Waals surface area (Å²) >= 11 is 0. The summed E-state index contributed by atoms with van der Waals surface area (Å²) in [5, 5.41) is 11.1. The van der Waals surface area contributed by atoms with Gasteiger partial charge in [0.2, 0.25) is 5.78 Å². The van der Waals surface area contributed by atoms with Crippen LogP contribution in [0.2, 0.25) is 0 Å². The molecule has 1 aromatic carbocycles. The molecule has 0 spiro atoms. The first kappa shape index (κ1) is 27.6. The molecule has 0 aliphatic rings. The number of Topliss-reactive ketones (excluding diaryl/α,β-unsaturated/α-hetero) is 1. The molecule has 35 heavy (non-hydrogen) atoms. The summed E-state index contributed by atoms with van der Waals surface area (Å²) in [4.78, 5) is 50.4. The summed E-state index contributed by atoms with van der Waals surface area (Å²) < 4.78 is 54.9. The number of nitrogens with zero attached hydrogens (tertiary/aromatic N) is 1. The Morgan fingerprint density at radius 3 is 2.14 bits per heavy atom. The van der Waals surface area contributed by atoms with Crippen molar-refractivity contribution in [2.75, 3.05) is 14.2 Å². The van der Waals surface area contributed by atoms with Crippen molar-refractivity contribution < 1.29 is 51.3 Å². The van der Waals surface area contributed by atoms with Crippen LogP contribution >= 0.6 is 0 Å². The van der Waals surface area contributed by atoms with Crippen LogP contribution in [0.15, 0.2) is 53.1 Å². The second-order valence-corrected chi connectivity index (χ2v) is 7.64. The number of aliphatic hydroxyl groups is 1. The van der Waals surface area contributed by atoms with Gasteiger partial charge in [0.15, 0.2) is 11.4 Å². The number of hydrogen-bond donors (Lipinski definition) is 1. The molecule has 0 saturated carbocycles. The normalized spacial score (nSPS) is 14.8. The van der Waals surface area contributed by atoms with Crippen molar-refractivity contribution in [2.45, 2.75) is 43.6 Å². The summed E-state index contributed by atoms with van der Waals surface area (Å²) in [6.45, 7) is 1.24. The van der Waals surface area contributed by atoms with E-state index < -0.39 is 60.3 Å². The smallest absolute Gasteiger partial charge is 0.467 e. The van der Waals surface area contributed by atoms with Gasteiger partial charge in [0.25, 0.3) is 0 Å². The Morgan fingerprint density at radius 1 is 1.03 bits per heavy atom. The van der Waals surface area contributed by atoms with Crippen molar-refractivity contribution >= 4 is 23.6 Å². The van der Waals surface area contributed by atoms with E-state index in [0.717, 1.165) is 20.5 Å². The van der Waals surface area contributed by atoms with E-state index in [1.54, 1.807) is 6.07 Å². The molecule has 1 heterocycles. The van der Waals surface area contributed by atoms with Crippen molar-refractivity contribution in [3.05, 3.63) is 60.1 Å². The lowest BCUT2D eigenvalue weighted by molar-refractivity contribution is -0.195. The highest BCUT2D eigenvalue weighted by Gasteiger charge is 2.52. The quantitative estimate of drug-likeness (QED) is 0.391. The third-order valence-electron chi connectivity index (χ3n) is 5.33. The van der Waals surface area contributed by atoms with Crippen molar-refractivity contribution in [1.82, 2.24) is 4.90 Å². The summed E-state index contributed by atoms with van der Waals surface area (Å²) in [5.41, 5.74) is -2.58. The molecule has 12 heteroatoms. The maximum Gasteiger partial charge on any atom is 0.471 e. The summed E-state index contributed by atoms with van der Waals surface area (Å²) in [7, 11) is 1.74. The molecular weight excluding hydrogens is 475 g/mol. The Hall–Kier alpha value is -3.67. The van der Waals surface area contributed by atoms with Crippen molar-refractivity contribution in [3.8, 4) is 0 Å². The molecule has 0 fully saturated rings. The molecule has 0 unspecified atom stereocenters. The lowest BCUT2D eigenvalue weighted by atomic mass is 9.87. The van der Waals surface area contributed by atoms with E-state index in [1.807, 2.05) is 0 Å². The van der Waals surface area contributed by atoms with Gasteiger partial charge in [-0.25, -0.2) is 9.59 Å². The Kier molecular flexibility index (Phi) is 8.80. The molecule has 1 amide bonds. The monoisotopic (exact) mass is 499 g/mol. The fourth-order valence-corrected chi connectivity index (χ4v) is 3.58. The molecule has 0 aliphatic heterocycles. The van der Waals surface area contributed by atoms with Gasteiger partial charge >= 0.3 is 24.0 Å². The lowest BCUT2D eigenvalue weighted by Crippen LogP contribution is -2.56. The molecule has 0 radical (unpaired) electrons. The van der Waals surface area contributed by atoms with Gasteiger partial charge in [-0.2, -0.15) is 13.2 Å². The molecule has 1 aromatic heterocycles. The number of amides is 1. The number of ketones is 1. The number of furan rings is 1. The van der Waals surface area contributed by atoms with Gasteiger partial charge in [-0.3, -0.25) is 9.59 Å². The highest BCUT2D eigenvalue weighted by atomic mass is 19.4. The maximum absolute atomic E-state index is 13.6. The predicted molar refractivity (Wildman–Crippen MR) is 113 cm³/mol. The Morgan fingerprint density at radius 2 is 1.66 bits per heavy atom. The second-order valence-electron chi connectivity index (χ2n) is 7.64. The first-order valence-electron chi connectivity index (χ1n) is 10.3. The van der Waals surface area contributed by atoms with Crippen molar-refractivity contribution in [2.24, 2.45) is 0 Å². The maximum atomic E-state index is 13.6. The van der Waals surface area contributed by atoms with Gasteiger partial charge in [0.1, 0.15) is 6.04 Å². The molecule has 190 valence electrons. The van der Waals surface area contributed by atoms with Gasteiger partial charge in [0.05, 0.1) is 32.9 Å². The number of esters is 2. The molecule has 0 aliphatic carbocycles. The van der Waals surface area contributed by atoms with Crippen LogP contribution in [0.4, 0.5) is 13.2 Å². The minimum atomic E-state index is -5.41. The molecule has 2 rings (SSSR count). The van der Waals surface area contributed by atoms with E-state index >= 15 is 0 Å². The molecule has 3 atom stereocenters. The fraction of sp³-hybridized carbons (Fsp3) is 0.391. The molecular formula is C23H24F3NO8. The minimum Gasteiger partial charge on any atom is -0.467 e. The molecule has 1 N–H and O–H groups in total. The van der Waals surface area contributed by atoms with E-state index in [4.69, 9.17) is 4.42 Å². The zero-order valence-corrected chi connectivity index (χ0v) is 19.1. The van der Waals surface area contributed by atoms with Crippen LogP contribution < -0.4 is 0 Å². The lowest BCUT2D eigenvalue weighted by Gasteiger charge is -2.38. The Bertz CT molecular complexity index is 1040. The van der Waals surface area contributed by atoms with E-state index in [9.17, 15) is 37.5 Å². The average molecular weight is 499 g/mol. The number of alkyl halides is 3. The van der Waals surface area contributed by atoms with Crippen LogP contribution in [0.1, 0.15) is 41.9 Å². The van der Waals surface area contributed by atoms with E-state index in [1.165, 1.54) is 43.3 Å². The van der Waals surface area contributed by atoms with Gasteiger partial charge < -0.3 is 23.9 Å². The highest BCUT2D eigenvalue weighted by molar-refractivity contribution is 5.98. The first-order valence-corrected chi connectivity index (χ1v) is 10.3. The standard InChI is InChI=1S/C23H24F3NO8/c1-14(15-8-5-4-6-9-15)27(20(30)23(24,25)26)16(19(29)33-2)12-22(32,21(31)34-3)13-17(28)18-10-7-11-35-18/h4-11,14,16,32H,12-13H2,1-3H3/t14-,16+,22-/m1/s1. The fourth-order valence-electron chi connectivity index (χ4n) is 3.58. The number of ether oxygens (including phenoxy) is 2. The molecule has 2 aromatic rings. The topological polar surface area (TPSA) is 123 Å². The minimum absolute atomic E-state index is 0.173. The number of carbonyl (C=O) groups is 4. The third kappa shape index (κ3) is 6.47. The number of carbonyl (C=O) groups excluding carboxylic acids is 4. The molecule has 9 nitrogen and oxygen atoms in total. The van der Waals surface area contributed by atoms with Gasteiger partial charge in [-0.15, -0.1) is 0 Å². The number of rotatable bonds is 10. The van der Waals surface area contributed by atoms with Gasteiger partial charge in [0, 0.05) is 6.42 Å². The van der Waals surface area contributed by atoms with Crippen LogP contribution in [0.5, 0.6) is 0 Å². The highest BCUT2D eigenvalue weighted by Crippen LogP contribution is 2.33. The van der Waals surface area contributed by atoms with E-state index in [2.05, 4.69) is 9.47 Å².